The lowest BCUT2D eigenvalue weighted by atomic mass is 10.3. The number of halogens is 1. The van der Waals surface area contributed by atoms with E-state index in [1.807, 2.05) is 18.2 Å². The molecule has 0 bridgehead atoms. The molecule has 5 heteroatoms. The Morgan fingerprint density at radius 1 is 1.18 bits per heavy atom. The number of hydrogen-bond donors (Lipinski definition) is 2. The first kappa shape index (κ1) is 15.9. The molecule has 0 aliphatic carbocycles. The molecule has 2 aromatic carbocycles. The summed E-state index contributed by atoms with van der Waals surface area (Å²) in [7, 11) is 0. The van der Waals surface area contributed by atoms with E-state index in [-0.39, 0.29) is 12.5 Å². The van der Waals surface area contributed by atoms with Crippen LogP contribution in [0.2, 0.25) is 5.02 Å². The molecule has 2 aromatic rings. The molecular formula is C17H17ClN2O2. The summed E-state index contributed by atoms with van der Waals surface area (Å²) in [5, 5.41) is 6.37. The van der Waals surface area contributed by atoms with E-state index in [0.29, 0.717) is 17.3 Å². The van der Waals surface area contributed by atoms with Gasteiger partial charge in [-0.05, 0) is 36.4 Å². The van der Waals surface area contributed by atoms with Crippen LogP contribution in [0, 0.1) is 0 Å². The summed E-state index contributed by atoms with van der Waals surface area (Å²) >= 11 is 6.01. The number of benzene rings is 2. The van der Waals surface area contributed by atoms with Gasteiger partial charge in [0.05, 0.1) is 17.3 Å². The van der Waals surface area contributed by atoms with Crippen molar-refractivity contribution >= 4 is 28.9 Å². The van der Waals surface area contributed by atoms with E-state index in [2.05, 4.69) is 17.2 Å². The molecule has 114 valence electrons. The molecule has 2 N–H and O–H groups in total. The largest absolute Gasteiger partial charge is 0.490 e. The number of para-hydroxylation sites is 1. The SMILES string of the molecule is C=CCOc1ccc(NC(=O)CNc2ccccc2Cl)cc1. The Kier molecular flexibility index (Phi) is 5.86. The highest BCUT2D eigenvalue weighted by atomic mass is 35.5. The van der Waals surface area contributed by atoms with Crippen LogP contribution >= 0.6 is 11.6 Å². The molecule has 1 amide bonds. The average molecular weight is 317 g/mol. The van der Waals surface area contributed by atoms with Crippen molar-refractivity contribution in [3.63, 3.8) is 0 Å². The number of rotatable bonds is 7. The molecule has 4 nitrogen and oxygen atoms in total. The lowest BCUT2D eigenvalue weighted by Crippen LogP contribution is -2.21. The molecule has 0 radical (unpaired) electrons. The second kappa shape index (κ2) is 8.10. The van der Waals surface area contributed by atoms with Gasteiger partial charge in [0.25, 0.3) is 0 Å². The van der Waals surface area contributed by atoms with Gasteiger partial charge >= 0.3 is 0 Å². The summed E-state index contributed by atoms with van der Waals surface area (Å²) in [5.41, 5.74) is 1.43. The fourth-order valence-corrected chi connectivity index (χ4v) is 1.98. The van der Waals surface area contributed by atoms with Crippen LogP contribution < -0.4 is 15.4 Å². The summed E-state index contributed by atoms with van der Waals surface area (Å²) in [6.45, 7) is 4.18. The fourth-order valence-electron chi connectivity index (χ4n) is 1.77. The van der Waals surface area contributed by atoms with Crippen LogP contribution in [0.5, 0.6) is 5.75 Å². The second-order valence-electron chi connectivity index (χ2n) is 4.51. The molecule has 0 atom stereocenters. The van der Waals surface area contributed by atoms with Gasteiger partial charge in [-0.2, -0.15) is 0 Å². The van der Waals surface area contributed by atoms with E-state index < -0.39 is 0 Å². The summed E-state index contributed by atoms with van der Waals surface area (Å²) in [6, 6.07) is 14.4. The van der Waals surface area contributed by atoms with Crippen LogP contribution in [-0.2, 0) is 4.79 Å². The number of nitrogens with one attached hydrogen (secondary N) is 2. The standard InChI is InChI=1S/C17H17ClN2O2/c1-2-11-22-14-9-7-13(8-10-14)20-17(21)12-19-16-6-4-3-5-15(16)18/h2-10,19H,1,11-12H2,(H,20,21). The summed E-state index contributed by atoms with van der Waals surface area (Å²) in [5.74, 6) is 0.576. The third-order valence-corrected chi connectivity index (χ3v) is 3.15. The highest BCUT2D eigenvalue weighted by molar-refractivity contribution is 6.33. The molecule has 0 aromatic heterocycles. The van der Waals surface area contributed by atoms with Crippen LogP contribution in [0.25, 0.3) is 0 Å². The Hall–Kier alpha value is -2.46. The summed E-state index contributed by atoms with van der Waals surface area (Å²) < 4.78 is 5.38. The molecule has 22 heavy (non-hydrogen) atoms. The quantitative estimate of drug-likeness (QED) is 0.760. The highest BCUT2D eigenvalue weighted by Gasteiger charge is 2.04. The van der Waals surface area contributed by atoms with Crippen LogP contribution in [0.3, 0.4) is 0 Å². The van der Waals surface area contributed by atoms with Gasteiger partial charge in [-0.15, -0.1) is 0 Å². The molecule has 2 rings (SSSR count). The van der Waals surface area contributed by atoms with Gasteiger partial charge in [0, 0.05) is 5.69 Å². The smallest absolute Gasteiger partial charge is 0.243 e. The molecule has 0 aliphatic heterocycles. The molecule has 0 unspecified atom stereocenters. The lowest BCUT2D eigenvalue weighted by Gasteiger charge is -2.09. The minimum atomic E-state index is -0.153. The van der Waals surface area contributed by atoms with Crippen LogP contribution in [-0.4, -0.2) is 19.1 Å². The van der Waals surface area contributed by atoms with Crippen molar-refractivity contribution in [3.8, 4) is 5.75 Å². The van der Waals surface area contributed by atoms with E-state index in [1.54, 1.807) is 36.4 Å². The molecule has 0 heterocycles. The maximum Gasteiger partial charge on any atom is 0.243 e. The van der Waals surface area contributed by atoms with Gasteiger partial charge in [-0.25, -0.2) is 0 Å². The Bertz CT molecular complexity index is 641. The third kappa shape index (κ3) is 4.82. The fraction of sp³-hybridized carbons (Fsp3) is 0.118. The van der Waals surface area contributed by atoms with Crippen LogP contribution in [0.1, 0.15) is 0 Å². The van der Waals surface area contributed by atoms with Gasteiger partial charge in [-0.1, -0.05) is 36.4 Å². The Balaban J connectivity index is 1.84. The van der Waals surface area contributed by atoms with Crippen molar-refractivity contribution in [2.75, 3.05) is 23.8 Å². The lowest BCUT2D eigenvalue weighted by molar-refractivity contribution is -0.114. The first-order valence-electron chi connectivity index (χ1n) is 6.81. The third-order valence-electron chi connectivity index (χ3n) is 2.82. The molecule has 0 spiro atoms. The van der Waals surface area contributed by atoms with E-state index in [9.17, 15) is 4.79 Å². The van der Waals surface area contributed by atoms with E-state index >= 15 is 0 Å². The minimum Gasteiger partial charge on any atom is -0.490 e. The van der Waals surface area contributed by atoms with Gasteiger partial charge in [-0.3, -0.25) is 4.79 Å². The Labute approximate surface area is 134 Å². The Morgan fingerprint density at radius 2 is 1.91 bits per heavy atom. The van der Waals surface area contributed by atoms with Crippen molar-refractivity contribution in [1.29, 1.82) is 0 Å². The zero-order valence-corrected chi connectivity index (χ0v) is 12.8. The monoisotopic (exact) mass is 316 g/mol. The molecule has 0 saturated heterocycles. The zero-order chi connectivity index (χ0) is 15.8. The van der Waals surface area contributed by atoms with Crippen molar-refractivity contribution in [2.24, 2.45) is 0 Å². The number of carbonyl (C=O) groups is 1. The molecule has 0 saturated carbocycles. The van der Waals surface area contributed by atoms with Crippen molar-refractivity contribution < 1.29 is 9.53 Å². The van der Waals surface area contributed by atoms with Gasteiger partial charge in [0.15, 0.2) is 0 Å². The topological polar surface area (TPSA) is 50.4 Å². The maximum absolute atomic E-state index is 11.9. The molecular weight excluding hydrogens is 300 g/mol. The zero-order valence-electron chi connectivity index (χ0n) is 12.0. The van der Waals surface area contributed by atoms with Gasteiger partial charge in [0.1, 0.15) is 12.4 Å². The minimum absolute atomic E-state index is 0.137. The number of anilines is 2. The van der Waals surface area contributed by atoms with E-state index in [4.69, 9.17) is 16.3 Å². The van der Waals surface area contributed by atoms with Crippen molar-refractivity contribution in [1.82, 2.24) is 0 Å². The van der Waals surface area contributed by atoms with Crippen LogP contribution in [0.4, 0.5) is 11.4 Å². The highest BCUT2D eigenvalue weighted by Crippen LogP contribution is 2.20. The average Bonchev–Trinajstić information content (AvgIpc) is 2.53. The summed E-state index contributed by atoms with van der Waals surface area (Å²) in [6.07, 6.45) is 1.68. The number of hydrogen-bond acceptors (Lipinski definition) is 3. The number of carbonyl (C=O) groups excluding carboxylic acids is 1. The van der Waals surface area contributed by atoms with Crippen molar-refractivity contribution in [2.45, 2.75) is 0 Å². The van der Waals surface area contributed by atoms with E-state index in [1.165, 1.54) is 0 Å². The van der Waals surface area contributed by atoms with Crippen molar-refractivity contribution in [3.05, 3.63) is 66.2 Å². The van der Waals surface area contributed by atoms with Gasteiger partial charge in [0.2, 0.25) is 5.91 Å². The van der Waals surface area contributed by atoms with Crippen LogP contribution in [0.15, 0.2) is 61.2 Å². The normalized spacial score (nSPS) is 9.86. The van der Waals surface area contributed by atoms with E-state index in [0.717, 1.165) is 11.4 Å². The Morgan fingerprint density at radius 3 is 2.59 bits per heavy atom. The van der Waals surface area contributed by atoms with Gasteiger partial charge < -0.3 is 15.4 Å². The summed E-state index contributed by atoms with van der Waals surface area (Å²) in [4.78, 5) is 11.9. The first-order valence-corrected chi connectivity index (χ1v) is 7.19. The molecule has 0 aliphatic rings. The number of ether oxygens (including phenoxy) is 1. The molecule has 0 fully saturated rings. The second-order valence-corrected chi connectivity index (χ2v) is 4.91. The maximum atomic E-state index is 11.9. The predicted molar refractivity (Wildman–Crippen MR) is 90.7 cm³/mol. The predicted octanol–water partition coefficient (Wildman–Crippen LogP) is 3.96. The number of amides is 1. The first-order chi connectivity index (χ1) is 10.7.